The lowest BCUT2D eigenvalue weighted by molar-refractivity contribution is 1.18. The van der Waals surface area contributed by atoms with E-state index in [4.69, 9.17) is 0 Å². The van der Waals surface area contributed by atoms with Crippen LogP contribution in [0.2, 0.25) is 0 Å². The summed E-state index contributed by atoms with van der Waals surface area (Å²) in [4.78, 5) is 2.48. The Kier molecular flexibility index (Phi) is 9.89. The fourth-order valence-corrected chi connectivity index (χ4v) is 10.0. The molecule has 0 saturated heterocycles. The van der Waals surface area contributed by atoms with Gasteiger partial charge in [-0.15, -0.1) is 0 Å². The maximum Gasteiger partial charge on any atom is 0.0562 e. The van der Waals surface area contributed by atoms with E-state index in [-0.39, 0.29) is 0 Å². The van der Waals surface area contributed by atoms with Crippen LogP contribution < -0.4 is 4.90 Å². The molecule has 0 amide bonds. The molecular weight excluding hydrogens is 797 g/mol. The van der Waals surface area contributed by atoms with Crippen molar-refractivity contribution in [3.05, 3.63) is 267 Å². The third-order valence-electron chi connectivity index (χ3n) is 13.0. The standard InChI is InChI=1S/C64H44N2/c1-3-19-47(20-4-1)54-26-9-10-27-55(54)56-28-11-12-29-57(56)58-30-13-15-33-60(58)66(63-36-18-35-62-64(63)59-31-14-16-34-61(59)65(62)50-23-5-2-6-24-50)51-43-41-46(42-44-51)45-37-39-49(40-38-45)53-32-17-22-48-21-7-8-25-52(48)53/h1-44H. The number of benzene rings is 11. The van der Waals surface area contributed by atoms with Crippen molar-refractivity contribution in [3.63, 3.8) is 0 Å². The monoisotopic (exact) mass is 840 g/mol. The molecule has 66 heavy (non-hydrogen) atoms. The molecule has 2 nitrogen and oxygen atoms in total. The van der Waals surface area contributed by atoms with E-state index in [1.54, 1.807) is 0 Å². The van der Waals surface area contributed by atoms with E-state index in [9.17, 15) is 0 Å². The number of anilines is 3. The molecule has 0 radical (unpaired) electrons. The largest absolute Gasteiger partial charge is 0.309 e. The van der Waals surface area contributed by atoms with Gasteiger partial charge in [-0.2, -0.15) is 0 Å². The van der Waals surface area contributed by atoms with Crippen LogP contribution in [0, 0.1) is 0 Å². The SMILES string of the molecule is c1ccc(-c2ccccc2-c2ccccc2-c2ccccc2N(c2ccc(-c3ccc(-c4cccc5ccccc45)cc3)cc2)c2cccc3c2c2ccccc2n3-c2ccccc2)cc1. The summed E-state index contributed by atoms with van der Waals surface area (Å²) in [5, 5.41) is 4.92. The molecule has 0 N–H and O–H groups in total. The van der Waals surface area contributed by atoms with E-state index in [2.05, 4.69) is 276 Å². The normalized spacial score (nSPS) is 11.3. The highest BCUT2D eigenvalue weighted by molar-refractivity contribution is 6.17. The number of rotatable bonds is 9. The van der Waals surface area contributed by atoms with E-state index in [1.807, 2.05) is 0 Å². The minimum absolute atomic E-state index is 1.07. The third kappa shape index (κ3) is 6.84. The van der Waals surface area contributed by atoms with Crippen LogP contribution in [0.15, 0.2) is 267 Å². The van der Waals surface area contributed by atoms with E-state index in [0.717, 1.165) is 33.8 Å². The summed E-state index contributed by atoms with van der Waals surface area (Å²) >= 11 is 0. The first-order chi connectivity index (χ1) is 32.8. The van der Waals surface area contributed by atoms with Crippen LogP contribution in [0.4, 0.5) is 17.1 Å². The van der Waals surface area contributed by atoms with Gasteiger partial charge < -0.3 is 9.47 Å². The van der Waals surface area contributed by atoms with Gasteiger partial charge in [0.05, 0.1) is 22.4 Å². The first-order valence-corrected chi connectivity index (χ1v) is 22.7. The van der Waals surface area contributed by atoms with Crippen LogP contribution >= 0.6 is 0 Å². The number of hydrogen-bond acceptors (Lipinski definition) is 1. The smallest absolute Gasteiger partial charge is 0.0562 e. The second-order valence-electron chi connectivity index (χ2n) is 16.8. The highest BCUT2D eigenvalue weighted by atomic mass is 15.2. The van der Waals surface area contributed by atoms with Gasteiger partial charge in [-0.25, -0.2) is 0 Å². The van der Waals surface area contributed by atoms with Crippen LogP contribution in [0.25, 0.3) is 93.9 Å². The zero-order valence-corrected chi connectivity index (χ0v) is 36.3. The lowest BCUT2D eigenvalue weighted by atomic mass is 9.88. The molecule has 0 unspecified atom stereocenters. The average molecular weight is 841 g/mol. The first kappa shape index (κ1) is 38.9. The molecule has 0 saturated carbocycles. The van der Waals surface area contributed by atoms with Crippen LogP contribution in [-0.2, 0) is 0 Å². The molecule has 0 aliphatic carbocycles. The Hall–Kier alpha value is -8.72. The highest BCUT2D eigenvalue weighted by Crippen LogP contribution is 2.48. The van der Waals surface area contributed by atoms with Gasteiger partial charge in [0.15, 0.2) is 0 Å². The number of hydrogen-bond donors (Lipinski definition) is 0. The van der Waals surface area contributed by atoms with Crippen molar-refractivity contribution in [1.82, 2.24) is 4.57 Å². The Bertz CT molecular complexity index is 3670. The fourth-order valence-electron chi connectivity index (χ4n) is 10.0. The number of para-hydroxylation sites is 3. The molecule has 310 valence electrons. The summed E-state index contributed by atoms with van der Waals surface area (Å²) in [6.45, 7) is 0. The predicted octanol–water partition coefficient (Wildman–Crippen LogP) is 17.7. The molecule has 1 aromatic heterocycles. The molecule has 12 rings (SSSR count). The topological polar surface area (TPSA) is 8.17 Å². The van der Waals surface area contributed by atoms with Crippen molar-refractivity contribution in [2.75, 3.05) is 4.90 Å². The van der Waals surface area contributed by atoms with E-state index in [0.29, 0.717) is 0 Å². The third-order valence-corrected chi connectivity index (χ3v) is 13.0. The molecule has 11 aromatic carbocycles. The number of aromatic nitrogens is 1. The van der Waals surface area contributed by atoms with Gasteiger partial charge in [0.2, 0.25) is 0 Å². The van der Waals surface area contributed by atoms with Gasteiger partial charge in [-0.05, 0) is 109 Å². The van der Waals surface area contributed by atoms with Crippen molar-refractivity contribution in [3.8, 4) is 61.3 Å². The first-order valence-electron chi connectivity index (χ1n) is 22.7. The Morgan fingerprint density at radius 3 is 1.45 bits per heavy atom. The van der Waals surface area contributed by atoms with E-state index < -0.39 is 0 Å². The highest BCUT2D eigenvalue weighted by Gasteiger charge is 2.24. The summed E-state index contributed by atoms with van der Waals surface area (Å²) in [5.74, 6) is 0. The van der Waals surface area contributed by atoms with Crippen molar-refractivity contribution in [1.29, 1.82) is 0 Å². The van der Waals surface area contributed by atoms with Crippen LogP contribution in [0.3, 0.4) is 0 Å². The molecule has 0 atom stereocenters. The Morgan fingerprint density at radius 2 is 0.712 bits per heavy atom. The van der Waals surface area contributed by atoms with E-state index in [1.165, 1.54) is 77.1 Å². The molecule has 0 spiro atoms. The Morgan fingerprint density at radius 1 is 0.258 bits per heavy atom. The quantitative estimate of drug-likeness (QED) is 0.141. The molecule has 0 aliphatic rings. The summed E-state index contributed by atoms with van der Waals surface area (Å²) in [7, 11) is 0. The second kappa shape index (κ2) is 16.8. The van der Waals surface area contributed by atoms with Crippen molar-refractivity contribution in [2.45, 2.75) is 0 Å². The van der Waals surface area contributed by atoms with Crippen LogP contribution in [-0.4, -0.2) is 4.57 Å². The lowest BCUT2D eigenvalue weighted by Gasteiger charge is -2.29. The summed E-state index contributed by atoms with van der Waals surface area (Å²) in [5.41, 5.74) is 18.6. The fraction of sp³-hybridized carbons (Fsp3) is 0. The Balaban J connectivity index is 1.04. The summed E-state index contributed by atoms with van der Waals surface area (Å²) < 4.78 is 2.40. The lowest BCUT2D eigenvalue weighted by Crippen LogP contribution is -2.12. The zero-order valence-electron chi connectivity index (χ0n) is 36.3. The van der Waals surface area contributed by atoms with Crippen molar-refractivity contribution < 1.29 is 0 Å². The number of fused-ring (bicyclic) bond motifs is 4. The van der Waals surface area contributed by atoms with Gasteiger partial charge in [-0.1, -0.05) is 218 Å². The van der Waals surface area contributed by atoms with Crippen molar-refractivity contribution in [2.24, 2.45) is 0 Å². The van der Waals surface area contributed by atoms with Gasteiger partial charge in [0.1, 0.15) is 0 Å². The van der Waals surface area contributed by atoms with Gasteiger partial charge in [0, 0.05) is 27.7 Å². The molecule has 0 aliphatic heterocycles. The predicted molar refractivity (Wildman–Crippen MR) is 280 cm³/mol. The minimum Gasteiger partial charge on any atom is -0.309 e. The zero-order chi connectivity index (χ0) is 43.8. The van der Waals surface area contributed by atoms with E-state index >= 15 is 0 Å². The van der Waals surface area contributed by atoms with Crippen LogP contribution in [0.5, 0.6) is 0 Å². The molecule has 1 heterocycles. The summed E-state index contributed by atoms with van der Waals surface area (Å²) in [6.07, 6.45) is 0. The average Bonchev–Trinajstić information content (AvgIpc) is 3.74. The van der Waals surface area contributed by atoms with Gasteiger partial charge in [-0.3, -0.25) is 0 Å². The maximum absolute atomic E-state index is 2.48. The Labute approximate surface area is 385 Å². The summed E-state index contributed by atoms with van der Waals surface area (Å²) in [6, 6.07) is 96.9. The van der Waals surface area contributed by atoms with Crippen LogP contribution in [0.1, 0.15) is 0 Å². The molecule has 12 aromatic rings. The molecule has 2 heteroatoms. The molecule has 0 fully saturated rings. The van der Waals surface area contributed by atoms with Gasteiger partial charge in [0.25, 0.3) is 0 Å². The van der Waals surface area contributed by atoms with Gasteiger partial charge >= 0.3 is 0 Å². The van der Waals surface area contributed by atoms with Crippen molar-refractivity contribution >= 4 is 49.6 Å². The molecule has 0 bridgehead atoms. The number of nitrogens with zero attached hydrogens (tertiary/aromatic N) is 2. The maximum atomic E-state index is 2.48. The minimum atomic E-state index is 1.07. The second-order valence-corrected chi connectivity index (χ2v) is 16.8. The molecular formula is C64H44N2.